The Balaban J connectivity index is 1.66. The van der Waals surface area contributed by atoms with E-state index in [0.29, 0.717) is 0 Å². The van der Waals surface area contributed by atoms with Gasteiger partial charge in [0.15, 0.2) is 0 Å². The summed E-state index contributed by atoms with van der Waals surface area (Å²) in [6, 6.07) is 14.0. The van der Waals surface area contributed by atoms with Crippen LogP contribution in [-0.2, 0) is 14.3 Å². The van der Waals surface area contributed by atoms with Crippen LogP contribution in [0.15, 0.2) is 48.5 Å². The largest absolute Gasteiger partial charge is 0.480 e. The van der Waals surface area contributed by atoms with Crippen molar-refractivity contribution < 1.29 is 24.2 Å². The average Bonchev–Trinajstić information content (AvgIpc) is 3.10. The van der Waals surface area contributed by atoms with Gasteiger partial charge in [-0.1, -0.05) is 48.5 Å². The van der Waals surface area contributed by atoms with Gasteiger partial charge in [0, 0.05) is 19.0 Å². The Kier molecular flexibility index (Phi) is 8.25. The summed E-state index contributed by atoms with van der Waals surface area (Å²) in [7, 11) is 6.95. The second kappa shape index (κ2) is 11.1. The summed E-state index contributed by atoms with van der Waals surface area (Å²) < 4.78 is 5.55. The predicted molar refractivity (Wildman–Crippen MR) is 129 cm³/mol. The minimum atomic E-state index is -1.15. The summed E-state index contributed by atoms with van der Waals surface area (Å²) in [5, 5.41) is 14.5. The average molecular weight is 469 g/mol. The van der Waals surface area contributed by atoms with Crippen LogP contribution in [0.4, 0.5) is 4.79 Å². The van der Waals surface area contributed by atoms with Crippen LogP contribution >= 0.6 is 0 Å². The Bertz CT molecular complexity index is 994. The summed E-state index contributed by atoms with van der Waals surface area (Å²) >= 11 is 0. The molecule has 182 valence electrons. The first-order chi connectivity index (χ1) is 16.2. The molecule has 0 fully saturated rings. The van der Waals surface area contributed by atoms with E-state index in [1.807, 2.05) is 36.4 Å². The number of carbonyl (C=O) groups is 3. The first-order valence-electron chi connectivity index (χ1n) is 11.1. The molecule has 1 aliphatic carbocycles. The van der Waals surface area contributed by atoms with Crippen molar-refractivity contribution >= 4 is 18.0 Å². The number of fused-ring (bicyclic) bond motifs is 3. The number of likely N-dealkylation sites (N-methyl/N-ethyl adjacent to an activating group) is 2. The number of alkyl carbamates (subject to hydrolysis) is 1. The van der Waals surface area contributed by atoms with Crippen LogP contribution in [0, 0.1) is 0 Å². The van der Waals surface area contributed by atoms with Gasteiger partial charge in [0.05, 0.1) is 0 Å². The molecule has 0 saturated heterocycles. The number of carboxylic acids is 1. The summed E-state index contributed by atoms with van der Waals surface area (Å²) in [6.07, 6.45) is -0.733. The fraction of sp³-hybridized carbons (Fsp3) is 0.400. The van der Waals surface area contributed by atoms with Gasteiger partial charge in [0.2, 0.25) is 5.91 Å². The second-order valence-corrected chi connectivity index (χ2v) is 8.95. The molecule has 34 heavy (non-hydrogen) atoms. The first-order valence-corrected chi connectivity index (χ1v) is 11.1. The number of hydrogen-bond acceptors (Lipinski definition) is 6. The molecule has 1 unspecified atom stereocenters. The van der Waals surface area contributed by atoms with Crippen LogP contribution in [0.1, 0.15) is 17.0 Å². The maximum absolute atomic E-state index is 12.8. The van der Waals surface area contributed by atoms with Crippen molar-refractivity contribution in [3.63, 3.8) is 0 Å². The van der Waals surface area contributed by atoms with E-state index < -0.39 is 30.1 Å². The molecule has 0 saturated carbocycles. The maximum atomic E-state index is 12.8. The fourth-order valence-corrected chi connectivity index (χ4v) is 4.16. The van der Waals surface area contributed by atoms with Gasteiger partial charge in [-0.25, -0.2) is 9.59 Å². The number of amides is 2. The minimum Gasteiger partial charge on any atom is -0.480 e. The topological polar surface area (TPSA) is 111 Å². The van der Waals surface area contributed by atoms with Gasteiger partial charge >= 0.3 is 12.1 Å². The molecule has 0 bridgehead atoms. The number of rotatable bonds is 10. The number of carbonyl (C=O) groups excluding carboxylic acids is 2. The molecular weight excluding hydrogens is 436 g/mol. The zero-order chi connectivity index (χ0) is 24.8. The lowest BCUT2D eigenvalue weighted by Gasteiger charge is -2.25. The van der Waals surface area contributed by atoms with Crippen LogP contribution in [0.3, 0.4) is 0 Å². The number of hydrogen-bond donors (Lipinski definition) is 3. The van der Waals surface area contributed by atoms with Crippen molar-refractivity contribution in [1.29, 1.82) is 0 Å². The lowest BCUT2D eigenvalue weighted by atomic mass is 9.98. The highest BCUT2D eigenvalue weighted by atomic mass is 16.5. The van der Waals surface area contributed by atoms with Crippen LogP contribution < -0.4 is 10.6 Å². The van der Waals surface area contributed by atoms with Gasteiger partial charge in [0.25, 0.3) is 0 Å². The third-order valence-corrected chi connectivity index (χ3v) is 5.66. The predicted octanol–water partition coefficient (Wildman–Crippen LogP) is 1.59. The molecule has 9 heteroatoms. The normalized spacial score (nSPS) is 14.3. The summed E-state index contributed by atoms with van der Waals surface area (Å²) in [5.74, 6) is -1.83. The van der Waals surface area contributed by atoms with Crippen molar-refractivity contribution in [2.24, 2.45) is 0 Å². The smallest absolute Gasteiger partial charge is 0.407 e. The van der Waals surface area contributed by atoms with Gasteiger partial charge in [0.1, 0.15) is 18.7 Å². The first kappa shape index (κ1) is 25.2. The van der Waals surface area contributed by atoms with Crippen LogP contribution in [0.2, 0.25) is 0 Å². The number of nitrogens with one attached hydrogen (secondary N) is 2. The number of nitrogens with zero attached hydrogens (tertiary/aromatic N) is 2. The maximum Gasteiger partial charge on any atom is 0.407 e. The van der Waals surface area contributed by atoms with Gasteiger partial charge < -0.3 is 30.3 Å². The van der Waals surface area contributed by atoms with E-state index in [1.165, 1.54) is 0 Å². The summed E-state index contributed by atoms with van der Waals surface area (Å²) in [6.45, 7) is 0.430. The zero-order valence-electron chi connectivity index (χ0n) is 19.9. The van der Waals surface area contributed by atoms with Crippen molar-refractivity contribution in [1.82, 2.24) is 20.4 Å². The summed E-state index contributed by atoms with van der Waals surface area (Å²) in [4.78, 5) is 40.4. The van der Waals surface area contributed by atoms with Crippen molar-refractivity contribution in [3.05, 3.63) is 59.7 Å². The van der Waals surface area contributed by atoms with Crippen molar-refractivity contribution in [3.8, 4) is 11.1 Å². The van der Waals surface area contributed by atoms with Gasteiger partial charge in [-0.2, -0.15) is 0 Å². The van der Waals surface area contributed by atoms with E-state index in [0.717, 1.165) is 22.3 Å². The quantitative estimate of drug-likeness (QED) is 0.486. The highest BCUT2D eigenvalue weighted by molar-refractivity contribution is 5.89. The monoisotopic (exact) mass is 468 g/mol. The molecule has 2 atom stereocenters. The van der Waals surface area contributed by atoms with Crippen LogP contribution in [0.25, 0.3) is 11.1 Å². The highest BCUT2D eigenvalue weighted by Gasteiger charge is 2.31. The standard InChI is InChI=1S/C25H32N4O5/c1-28(2)13-21(23(30)26-22(24(31)32)14-29(3)4)27-25(33)34-15-20-18-11-7-5-9-16(18)17-10-6-8-12-19(17)20/h5-12,20-22H,13-15H2,1-4H3,(H,26,30)(H,27,33)(H,31,32)/t21-,22?/m0/s1. The van der Waals surface area contributed by atoms with Crippen LogP contribution in [-0.4, -0.2) is 92.8 Å². The van der Waals surface area contributed by atoms with Crippen molar-refractivity contribution in [2.75, 3.05) is 47.9 Å². The molecule has 9 nitrogen and oxygen atoms in total. The Hall–Kier alpha value is -3.43. The van der Waals surface area contributed by atoms with E-state index in [9.17, 15) is 19.5 Å². The van der Waals surface area contributed by atoms with E-state index in [1.54, 1.807) is 38.0 Å². The molecule has 3 N–H and O–H groups in total. The third-order valence-electron chi connectivity index (χ3n) is 5.66. The molecule has 2 aromatic rings. The lowest BCUT2D eigenvalue weighted by Crippen LogP contribution is -2.56. The molecule has 3 rings (SSSR count). The van der Waals surface area contributed by atoms with Gasteiger partial charge in [-0.05, 0) is 50.4 Å². The molecule has 0 heterocycles. The van der Waals surface area contributed by atoms with Gasteiger partial charge in [-0.15, -0.1) is 0 Å². The third kappa shape index (κ3) is 6.12. The second-order valence-electron chi connectivity index (χ2n) is 8.95. The molecule has 2 aromatic carbocycles. The molecular formula is C25H32N4O5. The minimum absolute atomic E-state index is 0.101. The van der Waals surface area contributed by atoms with E-state index >= 15 is 0 Å². The van der Waals surface area contributed by atoms with Crippen molar-refractivity contribution in [2.45, 2.75) is 18.0 Å². The molecule has 1 aliphatic rings. The number of benzene rings is 2. The van der Waals surface area contributed by atoms with E-state index in [2.05, 4.69) is 22.8 Å². The SMILES string of the molecule is CN(C)CC(NC(=O)[C@H](CN(C)C)NC(=O)OCC1c2ccccc2-c2ccccc21)C(=O)O. The number of carboxylic acid groups (broad SMARTS) is 1. The molecule has 0 spiro atoms. The fourth-order valence-electron chi connectivity index (χ4n) is 4.16. The lowest BCUT2D eigenvalue weighted by molar-refractivity contribution is -0.142. The summed E-state index contributed by atoms with van der Waals surface area (Å²) in [5.41, 5.74) is 4.43. The van der Waals surface area contributed by atoms with Crippen LogP contribution in [0.5, 0.6) is 0 Å². The number of aliphatic carboxylic acids is 1. The van der Waals surface area contributed by atoms with E-state index in [4.69, 9.17) is 4.74 Å². The molecule has 0 radical (unpaired) electrons. The number of ether oxygens (including phenoxy) is 1. The van der Waals surface area contributed by atoms with Gasteiger partial charge in [-0.3, -0.25) is 4.79 Å². The molecule has 2 amide bonds. The Morgan fingerprint density at radius 3 is 1.85 bits per heavy atom. The Morgan fingerprint density at radius 1 is 0.853 bits per heavy atom. The zero-order valence-corrected chi connectivity index (χ0v) is 19.9. The van der Waals surface area contributed by atoms with E-state index in [-0.39, 0.29) is 25.6 Å². The molecule has 0 aliphatic heterocycles. The Morgan fingerprint density at radius 2 is 1.35 bits per heavy atom. The Labute approximate surface area is 199 Å². The highest BCUT2D eigenvalue weighted by Crippen LogP contribution is 2.44. The molecule has 0 aromatic heterocycles.